The third kappa shape index (κ3) is 3.60. The van der Waals surface area contributed by atoms with Gasteiger partial charge in [0.25, 0.3) is 0 Å². The number of para-hydroxylation sites is 1. The maximum absolute atomic E-state index is 12.8. The molecule has 3 heterocycles. The molecule has 0 saturated carbocycles. The summed E-state index contributed by atoms with van der Waals surface area (Å²) in [6, 6.07) is 25.5. The Labute approximate surface area is 200 Å². The van der Waals surface area contributed by atoms with Crippen LogP contribution in [-0.4, -0.2) is 41.9 Å². The number of benzene rings is 3. The van der Waals surface area contributed by atoms with Gasteiger partial charge < -0.3 is 4.90 Å². The van der Waals surface area contributed by atoms with Gasteiger partial charge in [-0.3, -0.25) is 19.8 Å². The molecule has 0 radical (unpaired) electrons. The average molecular weight is 462 g/mol. The highest BCUT2D eigenvalue weighted by Gasteiger charge is 2.62. The number of carbonyl (C=O) groups is 2. The summed E-state index contributed by atoms with van der Waals surface area (Å²) in [5.41, 5.74) is 2.14. The lowest BCUT2D eigenvalue weighted by Gasteiger charge is -2.48. The Morgan fingerprint density at radius 3 is 2.30 bits per heavy atom. The van der Waals surface area contributed by atoms with Crippen LogP contribution in [0.2, 0.25) is 0 Å². The van der Waals surface area contributed by atoms with Crippen molar-refractivity contribution in [2.45, 2.75) is 24.9 Å². The third-order valence-corrected chi connectivity index (χ3v) is 7.77. The maximum atomic E-state index is 12.8. The molecule has 5 nitrogen and oxygen atoms in total. The number of anilines is 1. The molecule has 33 heavy (non-hydrogen) atoms. The van der Waals surface area contributed by atoms with E-state index in [9.17, 15) is 9.59 Å². The van der Waals surface area contributed by atoms with Gasteiger partial charge in [-0.05, 0) is 47.4 Å². The minimum atomic E-state index is -0.290. The molecule has 1 N–H and O–H groups in total. The van der Waals surface area contributed by atoms with Gasteiger partial charge in [0.1, 0.15) is 0 Å². The molecule has 0 bridgehead atoms. The Hall–Kier alpha value is -2.89. The van der Waals surface area contributed by atoms with Crippen LogP contribution in [0.15, 0.2) is 72.8 Å². The Balaban J connectivity index is 0.00000228. The first-order valence-electron chi connectivity index (χ1n) is 11.5. The van der Waals surface area contributed by atoms with Crippen LogP contribution in [0.3, 0.4) is 0 Å². The van der Waals surface area contributed by atoms with Gasteiger partial charge in [-0.2, -0.15) is 0 Å². The number of nitrogens with zero attached hydrogens (tertiary/aromatic N) is 2. The Bertz CT molecular complexity index is 1190. The van der Waals surface area contributed by atoms with E-state index >= 15 is 0 Å². The number of halogens is 1. The van der Waals surface area contributed by atoms with Crippen molar-refractivity contribution < 1.29 is 9.59 Å². The van der Waals surface area contributed by atoms with Crippen LogP contribution in [0.1, 0.15) is 18.4 Å². The van der Waals surface area contributed by atoms with E-state index in [0.29, 0.717) is 6.54 Å². The highest BCUT2D eigenvalue weighted by atomic mass is 35.5. The minimum absolute atomic E-state index is 0. The summed E-state index contributed by atoms with van der Waals surface area (Å²) < 4.78 is 0. The Morgan fingerprint density at radius 1 is 0.848 bits per heavy atom. The molecule has 3 aromatic rings. The summed E-state index contributed by atoms with van der Waals surface area (Å²) in [6.45, 7) is 3.37. The Morgan fingerprint density at radius 2 is 1.55 bits per heavy atom. The molecule has 3 fully saturated rings. The highest BCUT2D eigenvalue weighted by molar-refractivity contribution is 6.07. The van der Waals surface area contributed by atoms with Gasteiger partial charge in [0.15, 0.2) is 0 Å². The number of likely N-dealkylation sites (tertiary alicyclic amines) is 1. The van der Waals surface area contributed by atoms with Crippen molar-refractivity contribution in [3.8, 4) is 0 Å². The number of amides is 2. The number of rotatable bonds is 3. The van der Waals surface area contributed by atoms with Crippen molar-refractivity contribution in [3.63, 3.8) is 0 Å². The smallest absolute Gasteiger partial charge is 0.232 e. The van der Waals surface area contributed by atoms with Crippen LogP contribution >= 0.6 is 12.4 Å². The monoisotopic (exact) mass is 461 g/mol. The predicted molar refractivity (Wildman–Crippen MR) is 132 cm³/mol. The molecule has 6 heteroatoms. The predicted octanol–water partition coefficient (Wildman–Crippen LogP) is 4.01. The second kappa shape index (κ2) is 8.47. The van der Waals surface area contributed by atoms with Gasteiger partial charge in [0, 0.05) is 31.9 Å². The number of hydrogen-bond donors (Lipinski definition) is 1. The van der Waals surface area contributed by atoms with Crippen molar-refractivity contribution in [1.29, 1.82) is 0 Å². The SMILES string of the molecule is Cl.O=C1NC(=O)C2C1CN(c1ccccc1)C21CCN(Cc2ccc3ccccc3c2)CC1. The van der Waals surface area contributed by atoms with E-state index in [4.69, 9.17) is 0 Å². The molecule has 0 aliphatic carbocycles. The molecule has 0 aromatic heterocycles. The summed E-state index contributed by atoms with van der Waals surface area (Å²) >= 11 is 0. The fraction of sp³-hybridized carbons (Fsp3) is 0.333. The lowest BCUT2D eigenvalue weighted by atomic mass is 9.74. The number of imide groups is 1. The van der Waals surface area contributed by atoms with Gasteiger partial charge in [0.05, 0.1) is 17.4 Å². The van der Waals surface area contributed by atoms with Gasteiger partial charge in [-0.25, -0.2) is 0 Å². The van der Waals surface area contributed by atoms with Gasteiger partial charge in [-0.1, -0.05) is 54.6 Å². The topological polar surface area (TPSA) is 52.7 Å². The van der Waals surface area contributed by atoms with Crippen LogP contribution in [0.5, 0.6) is 0 Å². The van der Waals surface area contributed by atoms with Crippen LogP contribution in [0, 0.1) is 11.8 Å². The zero-order valence-corrected chi connectivity index (χ0v) is 19.3. The molecule has 170 valence electrons. The average Bonchev–Trinajstić information content (AvgIpc) is 3.31. The first kappa shape index (κ1) is 21.9. The normalized spacial score (nSPS) is 24.1. The standard InChI is InChI=1S/C27H27N3O2.ClH/c31-25-23-18-30(22-8-2-1-3-9-22)27(24(23)26(32)28-25)12-14-29(15-13-27)17-19-10-11-20-6-4-5-7-21(20)16-19;/h1-11,16,23-24H,12-15,17-18H2,(H,28,31,32);1H. The third-order valence-electron chi connectivity index (χ3n) is 7.77. The van der Waals surface area contributed by atoms with Gasteiger partial charge in [-0.15, -0.1) is 12.4 Å². The molecular weight excluding hydrogens is 434 g/mol. The van der Waals surface area contributed by atoms with Crippen molar-refractivity contribution >= 4 is 40.7 Å². The number of piperidine rings is 1. The molecule has 6 rings (SSSR count). The zero-order valence-electron chi connectivity index (χ0n) is 18.4. The maximum Gasteiger partial charge on any atom is 0.232 e. The highest BCUT2D eigenvalue weighted by Crippen LogP contribution is 2.49. The van der Waals surface area contributed by atoms with E-state index in [2.05, 4.69) is 69.7 Å². The van der Waals surface area contributed by atoms with E-state index < -0.39 is 0 Å². The van der Waals surface area contributed by atoms with Crippen molar-refractivity contribution in [2.24, 2.45) is 11.8 Å². The molecule has 3 aromatic carbocycles. The van der Waals surface area contributed by atoms with E-state index in [0.717, 1.165) is 38.2 Å². The molecular formula is C27H28ClN3O2. The largest absolute Gasteiger partial charge is 0.364 e. The molecule has 3 aliphatic rings. The number of fused-ring (bicyclic) bond motifs is 3. The summed E-state index contributed by atoms with van der Waals surface area (Å²) in [5, 5.41) is 5.15. The lowest BCUT2D eigenvalue weighted by Crippen LogP contribution is -2.57. The number of nitrogens with one attached hydrogen (secondary N) is 1. The zero-order chi connectivity index (χ0) is 21.7. The first-order valence-corrected chi connectivity index (χ1v) is 11.5. The lowest BCUT2D eigenvalue weighted by molar-refractivity contribution is -0.127. The fourth-order valence-corrected chi connectivity index (χ4v) is 6.22. The molecule has 3 saturated heterocycles. The van der Waals surface area contributed by atoms with Crippen molar-refractivity contribution in [1.82, 2.24) is 10.2 Å². The van der Waals surface area contributed by atoms with E-state index in [-0.39, 0.29) is 41.6 Å². The summed E-state index contributed by atoms with van der Waals surface area (Å²) in [5.74, 6) is -0.675. The van der Waals surface area contributed by atoms with Crippen LogP contribution in [0.25, 0.3) is 10.8 Å². The van der Waals surface area contributed by atoms with E-state index in [1.54, 1.807) is 0 Å². The van der Waals surface area contributed by atoms with E-state index in [1.807, 2.05) is 18.2 Å². The summed E-state index contributed by atoms with van der Waals surface area (Å²) in [7, 11) is 0. The van der Waals surface area contributed by atoms with Crippen LogP contribution in [0.4, 0.5) is 5.69 Å². The van der Waals surface area contributed by atoms with Gasteiger partial charge >= 0.3 is 0 Å². The molecule has 1 spiro atoms. The number of carbonyl (C=O) groups excluding carboxylic acids is 2. The minimum Gasteiger partial charge on any atom is -0.364 e. The summed E-state index contributed by atoms with van der Waals surface area (Å²) in [6.07, 6.45) is 1.77. The molecule has 2 atom stereocenters. The van der Waals surface area contributed by atoms with E-state index in [1.165, 1.54) is 16.3 Å². The fourth-order valence-electron chi connectivity index (χ4n) is 6.22. The van der Waals surface area contributed by atoms with Crippen molar-refractivity contribution in [2.75, 3.05) is 24.5 Å². The molecule has 2 amide bonds. The van der Waals surface area contributed by atoms with Gasteiger partial charge in [0.2, 0.25) is 11.8 Å². The molecule has 2 unspecified atom stereocenters. The number of hydrogen-bond acceptors (Lipinski definition) is 4. The van der Waals surface area contributed by atoms with Crippen molar-refractivity contribution in [3.05, 3.63) is 78.4 Å². The second-order valence-electron chi connectivity index (χ2n) is 9.45. The van der Waals surface area contributed by atoms with Crippen LogP contribution in [-0.2, 0) is 16.1 Å². The summed E-state index contributed by atoms with van der Waals surface area (Å²) in [4.78, 5) is 30.2. The Kier molecular flexibility index (Phi) is 5.63. The second-order valence-corrected chi connectivity index (χ2v) is 9.45. The quantitative estimate of drug-likeness (QED) is 0.599. The first-order chi connectivity index (χ1) is 15.6. The van der Waals surface area contributed by atoms with Crippen LogP contribution < -0.4 is 10.2 Å². The molecule has 3 aliphatic heterocycles.